The van der Waals surface area contributed by atoms with Crippen molar-refractivity contribution in [3.63, 3.8) is 0 Å². The Hall–Kier alpha value is -3.80. The SMILES string of the molecule is C.Cc1cc(C)n2nc(CC3=C(O)CC(CCc4ccc(C5(C#N)CC5)c(F)c4)(C4CCCC4)OC3=O)nc2n1. The fraction of sp³-hybridized carbons (Fsp3) is 0.516. The molecule has 40 heavy (non-hydrogen) atoms. The van der Waals surface area contributed by atoms with Crippen LogP contribution >= 0.6 is 0 Å². The first kappa shape index (κ1) is 27.8. The molecule has 3 aliphatic rings. The lowest BCUT2D eigenvalue weighted by Crippen LogP contribution is -2.46. The summed E-state index contributed by atoms with van der Waals surface area (Å²) in [7, 11) is 0. The van der Waals surface area contributed by atoms with Crippen LogP contribution in [0.15, 0.2) is 35.6 Å². The van der Waals surface area contributed by atoms with E-state index in [0.29, 0.717) is 42.8 Å². The lowest BCUT2D eigenvalue weighted by atomic mass is 9.76. The van der Waals surface area contributed by atoms with Crippen molar-refractivity contribution in [1.82, 2.24) is 19.6 Å². The first-order valence-electron chi connectivity index (χ1n) is 13.8. The largest absolute Gasteiger partial charge is 0.512 e. The molecule has 0 bridgehead atoms. The number of nitriles is 1. The number of halogens is 1. The van der Waals surface area contributed by atoms with Gasteiger partial charge in [-0.05, 0) is 76.0 Å². The summed E-state index contributed by atoms with van der Waals surface area (Å²) in [4.78, 5) is 22.2. The lowest BCUT2D eigenvalue weighted by Gasteiger charge is -2.41. The van der Waals surface area contributed by atoms with Crippen molar-refractivity contribution < 1.29 is 19.0 Å². The number of ether oxygens (including phenoxy) is 1. The van der Waals surface area contributed by atoms with Gasteiger partial charge in [-0.25, -0.2) is 18.7 Å². The van der Waals surface area contributed by atoms with Crippen LogP contribution in [0.3, 0.4) is 0 Å². The van der Waals surface area contributed by atoms with Gasteiger partial charge < -0.3 is 9.84 Å². The van der Waals surface area contributed by atoms with Crippen molar-refractivity contribution in [3.8, 4) is 6.07 Å². The Bertz CT molecular complexity index is 1540. The standard InChI is InChI=1S/C30H32FN5O3.CH4/c1-18-13-19(2)36-28(33-18)34-26(35-36)15-22-25(37)16-30(39-27(22)38,21-5-3-4-6-21)10-9-20-7-8-23(24(31)14-20)29(17-32)11-12-29;/h7-8,13-14,21,37H,3-6,9-12,15-16H2,1-2H3;1H4. The Morgan fingerprint density at radius 3 is 2.60 bits per heavy atom. The Morgan fingerprint density at radius 1 is 1.20 bits per heavy atom. The van der Waals surface area contributed by atoms with Crippen LogP contribution in [0.1, 0.15) is 87.1 Å². The smallest absolute Gasteiger partial charge is 0.338 e. The summed E-state index contributed by atoms with van der Waals surface area (Å²) in [5.74, 6) is 0.0931. The lowest BCUT2D eigenvalue weighted by molar-refractivity contribution is -0.167. The van der Waals surface area contributed by atoms with Crippen molar-refractivity contribution in [2.45, 2.75) is 96.5 Å². The number of carbonyl (C=O) groups is 1. The molecule has 6 rings (SSSR count). The molecule has 1 unspecified atom stereocenters. The fourth-order valence-electron chi connectivity index (χ4n) is 6.45. The number of hydrogen-bond acceptors (Lipinski definition) is 7. The molecule has 0 saturated heterocycles. The van der Waals surface area contributed by atoms with Crippen molar-refractivity contribution in [2.75, 3.05) is 0 Å². The quantitative estimate of drug-likeness (QED) is 0.366. The maximum atomic E-state index is 14.9. The summed E-state index contributed by atoms with van der Waals surface area (Å²) in [6, 6.07) is 9.27. The van der Waals surface area contributed by atoms with E-state index >= 15 is 0 Å². The topological polar surface area (TPSA) is 113 Å². The van der Waals surface area contributed by atoms with E-state index in [1.807, 2.05) is 26.0 Å². The fourth-order valence-corrected chi connectivity index (χ4v) is 6.45. The number of aliphatic hydroxyl groups is 1. The van der Waals surface area contributed by atoms with E-state index in [1.165, 1.54) is 6.07 Å². The number of aryl methyl sites for hydroxylation is 3. The minimum atomic E-state index is -0.845. The molecule has 8 nitrogen and oxygen atoms in total. The number of hydrogen-bond donors (Lipinski definition) is 1. The van der Waals surface area contributed by atoms with Crippen LogP contribution in [0.25, 0.3) is 5.78 Å². The highest BCUT2D eigenvalue weighted by Crippen LogP contribution is 2.49. The Kier molecular flexibility index (Phi) is 7.15. The third kappa shape index (κ3) is 4.85. The Morgan fingerprint density at radius 2 is 1.95 bits per heavy atom. The van der Waals surface area contributed by atoms with Gasteiger partial charge in [-0.1, -0.05) is 32.4 Å². The Labute approximate surface area is 233 Å². The molecule has 1 aromatic carbocycles. The first-order chi connectivity index (χ1) is 18.7. The second-order valence-electron chi connectivity index (χ2n) is 11.5. The average Bonchev–Trinajstić information content (AvgIpc) is 3.28. The molecule has 210 valence electrons. The molecule has 1 N–H and O–H groups in total. The van der Waals surface area contributed by atoms with E-state index in [1.54, 1.807) is 10.6 Å². The summed E-state index contributed by atoms with van der Waals surface area (Å²) in [5, 5.41) is 25.1. The molecule has 2 aliphatic carbocycles. The van der Waals surface area contributed by atoms with E-state index in [2.05, 4.69) is 21.1 Å². The molecule has 9 heteroatoms. The minimum absolute atomic E-state index is 0. The summed E-state index contributed by atoms with van der Waals surface area (Å²) in [6.45, 7) is 3.80. The second kappa shape index (κ2) is 10.3. The van der Waals surface area contributed by atoms with Crippen molar-refractivity contribution in [1.29, 1.82) is 5.26 Å². The first-order valence-corrected chi connectivity index (χ1v) is 13.8. The molecule has 1 aliphatic heterocycles. The molecule has 1 atom stereocenters. The molecule has 2 saturated carbocycles. The monoisotopic (exact) mass is 545 g/mol. The molecule has 3 aromatic rings. The summed E-state index contributed by atoms with van der Waals surface area (Å²) in [5.41, 5.74) is 1.62. The number of aliphatic hydroxyl groups excluding tert-OH is 1. The van der Waals surface area contributed by atoms with Crippen LogP contribution in [0.2, 0.25) is 0 Å². The van der Waals surface area contributed by atoms with Gasteiger partial charge in [0.05, 0.1) is 17.1 Å². The van der Waals surface area contributed by atoms with E-state index in [9.17, 15) is 19.6 Å². The highest BCUT2D eigenvalue weighted by Gasteiger charge is 2.49. The maximum absolute atomic E-state index is 14.9. The van der Waals surface area contributed by atoms with E-state index in [-0.39, 0.29) is 43.3 Å². The molecule has 3 heterocycles. The van der Waals surface area contributed by atoms with Gasteiger partial charge in [0.1, 0.15) is 17.2 Å². The normalized spacial score (nSPS) is 22.2. The van der Waals surface area contributed by atoms with Gasteiger partial charge in [-0.15, -0.1) is 5.10 Å². The summed E-state index contributed by atoms with van der Waals surface area (Å²) in [6.07, 6.45) is 6.60. The predicted molar refractivity (Wildman–Crippen MR) is 147 cm³/mol. The van der Waals surface area contributed by atoms with Gasteiger partial charge >= 0.3 is 5.97 Å². The number of esters is 1. The molecular weight excluding hydrogens is 509 g/mol. The van der Waals surface area contributed by atoms with Gasteiger partial charge in [0.2, 0.25) is 0 Å². The zero-order valence-corrected chi connectivity index (χ0v) is 22.3. The van der Waals surface area contributed by atoms with E-state index in [0.717, 1.165) is 42.6 Å². The second-order valence-corrected chi connectivity index (χ2v) is 11.5. The van der Waals surface area contributed by atoms with Crippen LogP contribution in [-0.4, -0.2) is 36.3 Å². The molecule has 0 spiro atoms. The Balaban J connectivity index is 0.00000323. The number of aromatic nitrogens is 4. The predicted octanol–water partition coefficient (Wildman–Crippen LogP) is 5.93. The third-order valence-corrected chi connectivity index (χ3v) is 8.80. The summed E-state index contributed by atoms with van der Waals surface area (Å²) >= 11 is 0. The van der Waals surface area contributed by atoms with Gasteiger partial charge in [0.15, 0.2) is 5.82 Å². The number of nitrogens with zero attached hydrogens (tertiary/aromatic N) is 5. The number of fused-ring (bicyclic) bond motifs is 1. The van der Waals surface area contributed by atoms with E-state index in [4.69, 9.17) is 4.74 Å². The van der Waals surface area contributed by atoms with Crippen LogP contribution in [-0.2, 0) is 27.8 Å². The van der Waals surface area contributed by atoms with Crippen LogP contribution < -0.4 is 0 Å². The zero-order chi connectivity index (χ0) is 27.4. The van der Waals surface area contributed by atoms with Crippen LogP contribution in [0, 0.1) is 36.9 Å². The number of rotatable bonds is 7. The van der Waals surface area contributed by atoms with Gasteiger partial charge in [-0.2, -0.15) is 10.2 Å². The summed E-state index contributed by atoms with van der Waals surface area (Å²) < 4.78 is 22.8. The zero-order valence-electron chi connectivity index (χ0n) is 22.3. The van der Waals surface area contributed by atoms with Crippen molar-refractivity contribution >= 4 is 11.7 Å². The highest BCUT2D eigenvalue weighted by atomic mass is 19.1. The maximum Gasteiger partial charge on any atom is 0.338 e. The van der Waals surface area contributed by atoms with Crippen LogP contribution in [0.5, 0.6) is 0 Å². The molecule has 0 amide bonds. The molecule has 2 fully saturated rings. The number of carbonyl (C=O) groups excluding carboxylic acids is 1. The molecule has 2 aromatic heterocycles. The van der Waals surface area contributed by atoms with Crippen LogP contribution in [0.4, 0.5) is 4.39 Å². The number of benzene rings is 1. The van der Waals surface area contributed by atoms with Crippen molar-refractivity contribution in [2.24, 2.45) is 5.92 Å². The van der Waals surface area contributed by atoms with E-state index < -0.39 is 17.0 Å². The molecule has 0 radical (unpaired) electrons. The van der Waals surface area contributed by atoms with Gasteiger partial charge in [-0.3, -0.25) is 0 Å². The highest BCUT2D eigenvalue weighted by molar-refractivity contribution is 5.90. The van der Waals surface area contributed by atoms with Gasteiger partial charge in [0.25, 0.3) is 5.78 Å². The minimum Gasteiger partial charge on any atom is -0.512 e. The third-order valence-electron chi connectivity index (χ3n) is 8.80. The van der Waals surface area contributed by atoms with Crippen molar-refractivity contribution in [3.05, 3.63) is 69.8 Å². The average molecular weight is 546 g/mol. The molecular formula is C31H36FN5O3. The van der Waals surface area contributed by atoms with Gasteiger partial charge in [0, 0.05) is 29.8 Å². The number of cyclic esters (lactones) is 1.